The number of sulfonamides is 1. The van der Waals surface area contributed by atoms with Crippen molar-refractivity contribution in [3.05, 3.63) is 41.4 Å². The molecule has 0 bridgehead atoms. The molecule has 14 nitrogen and oxygen atoms in total. The minimum atomic E-state index is -4.01. The quantitative estimate of drug-likeness (QED) is 0.284. The minimum Gasteiger partial charge on any atom is -0.497 e. The number of hydrogen-bond donors (Lipinski definition) is 4. The number of ether oxygens (including phenoxy) is 2. The number of halogens is 1. The number of methoxy groups -OCH3 is 1. The van der Waals surface area contributed by atoms with E-state index in [1.165, 1.54) is 12.0 Å². The summed E-state index contributed by atoms with van der Waals surface area (Å²) in [6.07, 6.45) is 5.08. The van der Waals surface area contributed by atoms with Crippen LogP contribution < -0.4 is 24.8 Å². The van der Waals surface area contributed by atoms with E-state index >= 15 is 0 Å². The zero-order valence-electron chi connectivity index (χ0n) is 29.7. The summed E-state index contributed by atoms with van der Waals surface area (Å²) in [5.41, 5.74) is -1.05. The van der Waals surface area contributed by atoms with Crippen LogP contribution in [0.4, 0.5) is 4.79 Å². The Morgan fingerprint density at radius 3 is 2.62 bits per heavy atom. The molecular formula is C36H46ClN5O9S. The molecule has 3 fully saturated rings. The normalized spacial score (nSPS) is 30.2. The Morgan fingerprint density at radius 2 is 1.94 bits per heavy atom. The third-order valence-electron chi connectivity index (χ3n) is 11.1. The Labute approximate surface area is 308 Å². The van der Waals surface area contributed by atoms with Gasteiger partial charge >= 0.3 is 6.09 Å². The van der Waals surface area contributed by atoms with E-state index in [-0.39, 0.29) is 37.1 Å². The van der Waals surface area contributed by atoms with Crippen molar-refractivity contribution in [2.75, 3.05) is 13.7 Å². The number of allylic oxidation sites excluding steroid dienone is 1. The summed E-state index contributed by atoms with van der Waals surface area (Å²) in [5, 5.41) is 16.1. The number of fused-ring (bicyclic) bond motifs is 3. The topological polar surface area (TPSA) is 193 Å². The van der Waals surface area contributed by atoms with Gasteiger partial charge in [-0.15, -0.1) is 0 Å². The minimum absolute atomic E-state index is 0.0193. The van der Waals surface area contributed by atoms with E-state index in [0.717, 1.165) is 6.42 Å². The SMILES string of the molecule is CC[C@@H]1C[C@H](C)CCC=C[C@@H]2C[C@@]2(C(=O)NS(=O)(=O)C2(C)CC2)NC(=O)[C@@H]2C[C@@H](Oc3cc(Cl)c4ccc(OC)cc4n3)CN2C(=O)[C@H]1NC(=O)O. The van der Waals surface area contributed by atoms with E-state index in [4.69, 9.17) is 21.1 Å². The molecule has 1 aromatic carbocycles. The monoisotopic (exact) mass is 759 g/mol. The van der Waals surface area contributed by atoms with Gasteiger partial charge in [0.25, 0.3) is 5.91 Å². The molecule has 7 atom stereocenters. The second-order valence-electron chi connectivity index (χ2n) is 14.9. The summed E-state index contributed by atoms with van der Waals surface area (Å²) in [5.74, 6) is -2.11. The summed E-state index contributed by atoms with van der Waals surface area (Å²) in [6.45, 7) is 5.42. The van der Waals surface area contributed by atoms with Gasteiger partial charge in [-0.3, -0.25) is 19.1 Å². The lowest BCUT2D eigenvalue weighted by atomic mass is 9.85. The first kappa shape index (κ1) is 37.6. The van der Waals surface area contributed by atoms with Crippen molar-refractivity contribution in [1.82, 2.24) is 25.2 Å². The highest BCUT2D eigenvalue weighted by atomic mass is 35.5. The molecule has 6 rings (SSSR count). The molecule has 4 amide bonds. The summed E-state index contributed by atoms with van der Waals surface area (Å²) in [6, 6.07) is 4.43. The van der Waals surface area contributed by atoms with E-state index in [1.807, 2.05) is 26.0 Å². The van der Waals surface area contributed by atoms with Crippen LogP contribution in [0, 0.1) is 17.8 Å². The van der Waals surface area contributed by atoms with Crippen molar-refractivity contribution in [1.29, 1.82) is 0 Å². The highest BCUT2D eigenvalue weighted by molar-refractivity contribution is 7.91. The number of carbonyl (C=O) groups excluding carboxylic acids is 3. The van der Waals surface area contributed by atoms with Crippen molar-refractivity contribution in [3.63, 3.8) is 0 Å². The summed E-state index contributed by atoms with van der Waals surface area (Å²) in [4.78, 5) is 60.6. The van der Waals surface area contributed by atoms with Gasteiger partial charge < -0.3 is 30.1 Å². The molecule has 1 aromatic heterocycles. The molecule has 0 radical (unpaired) electrons. The number of aromatic nitrogens is 1. The van der Waals surface area contributed by atoms with Gasteiger partial charge in [-0.25, -0.2) is 18.2 Å². The number of benzene rings is 1. The van der Waals surface area contributed by atoms with Crippen LogP contribution in [0.1, 0.15) is 72.1 Å². The largest absolute Gasteiger partial charge is 0.497 e. The van der Waals surface area contributed by atoms with Crippen LogP contribution in [-0.4, -0.2) is 89.4 Å². The number of nitrogens with one attached hydrogen (secondary N) is 3. The number of rotatable bonds is 8. The van der Waals surface area contributed by atoms with Crippen LogP contribution in [0.5, 0.6) is 11.6 Å². The van der Waals surface area contributed by atoms with Crippen molar-refractivity contribution < 1.29 is 42.2 Å². The molecule has 282 valence electrons. The van der Waals surface area contributed by atoms with Gasteiger partial charge in [0.2, 0.25) is 27.7 Å². The van der Waals surface area contributed by atoms with Gasteiger partial charge in [-0.2, -0.15) is 0 Å². The van der Waals surface area contributed by atoms with E-state index in [9.17, 15) is 32.7 Å². The van der Waals surface area contributed by atoms with Gasteiger partial charge in [0.05, 0.1) is 28.9 Å². The number of amides is 4. The third kappa shape index (κ3) is 7.52. The second-order valence-corrected chi connectivity index (χ2v) is 17.5. The summed E-state index contributed by atoms with van der Waals surface area (Å²) < 4.78 is 39.0. The highest BCUT2D eigenvalue weighted by Crippen LogP contribution is 2.47. The number of carboxylic acid groups (broad SMARTS) is 1. The van der Waals surface area contributed by atoms with Crippen LogP contribution in [0.25, 0.3) is 10.9 Å². The van der Waals surface area contributed by atoms with E-state index < -0.39 is 68.2 Å². The molecular weight excluding hydrogens is 714 g/mol. The Kier molecular flexibility index (Phi) is 10.4. The third-order valence-corrected chi connectivity index (χ3v) is 13.6. The van der Waals surface area contributed by atoms with Crippen molar-refractivity contribution in [3.8, 4) is 11.6 Å². The Bertz CT molecular complexity index is 1900. The van der Waals surface area contributed by atoms with Crippen LogP contribution >= 0.6 is 11.6 Å². The zero-order valence-corrected chi connectivity index (χ0v) is 31.3. The zero-order chi connectivity index (χ0) is 37.6. The Hall–Kier alpha value is -4.11. The summed E-state index contributed by atoms with van der Waals surface area (Å²) in [7, 11) is -2.48. The molecule has 16 heteroatoms. The summed E-state index contributed by atoms with van der Waals surface area (Å²) >= 11 is 6.58. The molecule has 4 N–H and O–H groups in total. The highest BCUT2D eigenvalue weighted by Gasteiger charge is 2.63. The predicted octanol–water partition coefficient (Wildman–Crippen LogP) is 4.16. The van der Waals surface area contributed by atoms with Gasteiger partial charge in [-0.05, 0) is 69.4 Å². The second kappa shape index (κ2) is 14.4. The molecule has 52 heavy (non-hydrogen) atoms. The lowest BCUT2D eigenvalue weighted by Crippen LogP contribution is -2.59. The molecule has 4 aliphatic rings. The number of carbonyl (C=O) groups is 4. The van der Waals surface area contributed by atoms with Gasteiger partial charge in [0.1, 0.15) is 29.5 Å². The first-order chi connectivity index (χ1) is 24.6. The van der Waals surface area contributed by atoms with Gasteiger partial charge in [0.15, 0.2) is 0 Å². The van der Waals surface area contributed by atoms with Crippen molar-refractivity contribution in [2.24, 2.45) is 17.8 Å². The van der Waals surface area contributed by atoms with Crippen LogP contribution in [-0.2, 0) is 24.4 Å². The lowest BCUT2D eigenvalue weighted by Gasteiger charge is -2.33. The molecule has 0 spiro atoms. The fraction of sp³-hybridized carbons (Fsp3) is 0.583. The van der Waals surface area contributed by atoms with Crippen molar-refractivity contribution >= 4 is 56.3 Å². The molecule has 2 aliphatic heterocycles. The van der Waals surface area contributed by atoms with Gasteiger partial charge in [-0.1, -0.05) is 44.0 Å². The molecule has 2 aliphatic carbocycles. The molecule has 0 unspecified atom stereocenters. The predicted molar refractivity (Wildman–Crippen MR) is 192 cm³/mol. The fourth-order valence-corrected chi connectivity index (χ4v) is 9.01. The van der Waals surface area contributed by atoms with Gasteiger partial charge in [0, 0.05) is 29.9 Å². The number of pyridine rings is 1. The number of nitrogens with zero attached hydrogens (tertiary/aromatic N) is 2. The smallest absolute Gasteiger partial charge is 0.405 e. The average Bonchev–Trinajstić information content (AvgIpc) is 3.97. The van der Waals surface area contributed by atoms with Crippen LogP contribution in [0.2, 0.25) is 5.02 Å². The standard InChI is InChI=1S/C36H46ClN5O9S/c1-5-21-14-20(2)8-6-7-9-22-18-36(22,33(45)41-52(48,49)35(3)12-13-35)40-31(43)28-16-24(19-42(28)32(44)30(21)39-34(46)47)51-29-17-26(37)25-11-10-23(50-4)15-27(25)38-29/h7,9-11,15,17,20-22,24,28,30,39H,5-6,8,12-14,16,18-19H2,1-4H3,(H,40,43)(H,41,45)(H,46,47)/t20-,21-,22-,24-,28+,30+,36-/m1/s1. The lowest BCUT2D eigenvalue weighted by molar-refractivity contribution is -0.142. The average molecular weight is 760 g/mol. The Balaban J connectivity index is 1.34. The number of hydrogen-bond acceptors (Lipinski definition) is 9. The maximum atomic E-state index is 14.5. The molecule has 1 saturated heterocycles. The van der Waals surface area contributed by atoms with Crippen LogP contribution in [0.3, 0.4) is 0 Å². The van der Waals surface area contributed by atoms with Crippen LogP contribution in [0.15, 0.2) is 36.4 Å². The first-order valence-corrected chi connectivity index (χ1v) is 19.6. The fourth-order valence-electron chi connectivity index (χ4n) is 7.45. The maximum absolute atomic E-state index is 14.5. The van der Waals surface area contributed by atoms with E-state index in [2.05, 4.69) is 20.3 Å². The van der Waals surface area contributed by atoms with E-state index in [0.29, 0.717) is 53.8 Å². The maximum Gasteiger partial charge on any atom is 0.405 e. The Morgan fingerprint density at radius 1 is 1.19 bits per heavy atom. The molecule has 3 heterocycles. The first-order valence-electron chi connectivity index (χ1n) is 17.8. The van der Waals surface area contributed by atoms with Crippen molar-refractivity contribution in [2.45, 2.75) is 101 Å². The molecule has 2 aromatic rings. The molecule has 2 saturated carbocycles. The van der Waals surface area contributed by atoms with E-state index in [1.54, 1.807) is 31.2 Å².